The lowest BCUT2D eigenvalue weighted by molar-refractivity contribution is -0.641. The van der Waals surface area contributed by atoms with E-state index >= 15 is 0 Å². The van der Waals surface area contributed by atoms with Crippen molar-refractivity contribution < 1.29 is 5.03 Å². The van der Waals surface area contributed by atoms with Gasteiger partial charge in [-0.05, 0) is 17.3 Å². The largest absolute Gasteiger partial charge is 0.246 e. The molecule has 1 rings (SSSR count). The van der Waals surface area contributed by atoms with Gasteiger partial charge in [-0.1, -0.05) is 18.2 Å². The smallest absolute Gasteiger partial charge is 0.180 e. The van der Waals surface area contributed by atoms with Crippen LogP contribution in [0.25, 0.3) is 0 Å². The van der Waals surface area contributed by atoms with Crippen LogP contribution in [0.2, 0.25) is 0 Å². The fraction of sp³-hybridized carbons (Fsp3) is 0.143. The topological polar surface area (TPSA) is 58.4 Å². The molecular formula is C7H10ClN3O2. The summed E-state index contributed by atoms with van der Waals surface area (Å²) in [4.78, 5) is 10.2. The van der Waals surface area contributed by atoms with Crippen molar-refractivity contribution >= 4 is 18.1 Å². The van der Waals surface area contributed by atoms with Gasteiger partial charge in [0, 0.05) is 0 Å². The molecule has 6 heteroatoms. The van der Waals surface area contributed by atoms with Crippen LogP contribution in [-0.2, 0) is 0 Å². The third kappa shape index (κ3) is 3.62. The van der Waals surface area contributed by atoms with Gasteiger partial charge in [0.25, 0.3) is 0 Å². The number of nitrogens with one attached hydrogen (secondary N) is 1. The molecule has 1 aromatic rings. The number of anilines is 1. The van der Waals surface area contributed by atoms with Crippen LogP contribution in [0.3, 0.4) is 0 Å². The molecule has 0 saturated heterocycles. The molecule has 0 unspecified atom stereocenters. The Morgan fingerprint density at radius 1 is 1.38 bits per heavy atom. The highest BCUT2D eigenvalue weighted by molar-refractivity contribution is 5.85. The number of hydrogen-bond donors (Lipinski definition) is 1. The van der Waals surface area contributed by atoms with Crippen LogP contribution in [0, 0.1) is 10.1 Å². The van der Waals surface area contributed by atoms with E-state index in [0.29, 0.717) is 5.69 Å². The van der Waals surface area contributed by atoms with Gasteiger partial charge in [-0.15, -0.1) is 12.4 Å². The van der Waals surface area contributed by atoms with Crippen LogP contribution in [0.4, 0.5) is 5.69 Å². The summed E-state index contributed by atoms with van der Waals surface area (Å²) in [6.07, 6.45) is 0. The summed E-state index contributed by atoms with van der Waals surface area (Å²) in [6, 6.07) is 8.95. The molecule has 0 heterocycles. The minimum atomic E-state index is -0.535. The van der Waals surface area contributed by atoms with Gasteiger partial charge < -0.3 is 0 Å². The summed E-state index contributed by atoms with van der Waals surface area (Å²) < 4.78 is 0. The Balaban J connectivity index is 0.00000144. The molecule has 72 valence electrons. The molecule has 5 nitrogen and oxygen atoms in total. The maximum atomic E-state index is 10.2. The molecule has 0 aromatic heterocycles. The molecule has 0 amide bonds. The molecule has 0 bridgehead atoms. The summed E-state index contributed by atoms with van der Waals surface area (Å²) in [5.74, 6) is 0. The van der Waals surface area contributed by atoms with E-state index in [0.717, 1.165) is 5.12 Å². The van der Waals surface area contributed by atoms with Gasteiger partial charge in [-0.2, -0.15) is 0 Å². The quantitative estimate of drug-likeness (QED) is 0.598. The second-order valence-corrected chi connectivity index (χ2v) is 2.24. The van der Waals surface area contributed by atoms with E-state index in [4.69, 9.17) is 0 Å². The first-order valence-corrected chi connectivity index (χ1v) is 3.40. The van der Waals surface area contributed by atoms with Crippen LogP contribution in [-0.4, -0.2) is 17.2 Å². The Hall–Kier alpha value is -1.49. The molecule has 13 heavy (non-hydrogen) atoms. The standard InChI is InChI=1S/C7H9N3O2.ClH/c1-9(10(11)12)8-7-5-3-2-4-6-7;/h2-6,8H,1H3;1H. The normalized spacial score (nSPS) is 8.38. The molecule has 1 aromatic carbocycles. The minimum absolute atomic E-state index is 0. The van der Waals surface area contributed by atoms with Gasteiger partial charge in [0.15, 0.2) is 5.03 Å². The van der Waals surface area contributed by atoms with Crippen LogP contribution < -0.4 is 5.43 Å². The Labute approximate surface area is 81.9 Å². The minimum Gasteiger partial charge on any atom is -0.246 e. The van der Waals surface area contributed by atoms with Crippen molar-refractivity contribution in [3.05, 3.63) is 40.4 Å². The lowest BCUT2D eigenvalue weighted by Gasteiger charge is -2.09. The first-order valence-electron chi connectivity index (χ1n) is 3.40. The maximum absolute atomic E-state index is 10.2. The number of nitro groups is 1. The van der Waals surface area contributed by atoms with Crippen molar-refractivity contribution in [3.63, 3.8) is 0 Å². The lowest BCUT2D eigenvalue weighted by Crippen LogP contribution is -2.31. The summed E-state index contributed by atoms with van der Waals surface area (Å²) in [7, 11) is 1.34. The van der Waals surface area contributed by atoms with E-state index in [9.17, 15) is 10.1 Å². The van der Waals surface area contributed by atoms with Crippen molar-refractivity contribution in [3.8, 4) is 0 Å². The van der Waals surface area contributed by atoms with Crippen molar-refractivity contribution in [2.24, 2.45) is 0 Å². The fourth-order valence-electron chi connectivity index (χ4n) is 0.740. The Bertz CT molecular complexity index is 268. The van der Waals surface area contributed by atoms with E-state index in [1.54, 1.807) is 24.3 Å². The zero-order valence-corrected chi connectivity index (χ0v) is 7.82. The second kappa shape index (κ2) is 5.21. The van der Waals surface area contributed by atoms with E-state index in [1.807, 2.05) is 6.07 Å². The molecule has 1 N–H and O–H groups in total. The van der Waals surface area contributed by atoms with Gasteiger partial charge in [-0.25, -0.2) is 15.5 Å². The average Bonchev–Trinajstić information content (AvgIpc) is 2.06. The summed E-state index contributed by atoms with van der Waals surface area (Å²) in [5.41, 5.74) is 3.27. The highest BCUT2D eigenvalue weighted by atomic mass is 35.5. The SMILES string of the molecule is CN(Nc1ccccc1)[N+](=O)[O-].Cl. The van der Waals surface area contributed by atoms with Gasteiger partial charge in [-0.3, -0.25) is 0 Å². The third-order valence-electron chi connectivity index (χ3n) is 1.31. The first kappa shape index (κ1) is 11.5. The number of nitrogens with zero attached hydrogens (tertiary/aromatic N) is 2. The molecule has 0 radical (unpaired) electrons. The molecule has 0 aliphatic rings. The van der Waals surface area contributed by atoms with Crippen LogP contribution >= 0.6 is 12.4 Å². The van der Waals surface area contributed by atoms with E-state index in [1.165, 1.54) is 7.05 Å². The van der Waals surface area contributed by atoms with Gasteiger partial charge in [0.1, 0.15) is 0 Å². The van der Waals surface area contributed by atoms with E-state index in [2.05, 4.69) is 5.43 Å². The van der Waals surface area contributed by atoms with Crippen LogP contribution in [0.5, 0.6) is 0 Å². The summed E-state index contributed by atoms with van der Waals surface area (Å²) >= 11 is 0. The summed E-state index contributed by atoms with van der Waals surface area (Å²) in [6.45, 7) is 0. The van der Waals surface area contributed by atoms with Gasteiger partial charge >= 0.3 is 0 Å². The number of hydrazine groups is 2. The first-order chi connectivity index (χ1) is 5.70. The molecule has 0 spiro atoms. The molecule has 0 atom stereocenters. The molecule has 0 aliphatic carbocycles. The third-order valence-corrected chi connectivity index (χ3v) is 1.31. The predicted molar refractivity (Wildman–Crippen MR) is 52.1 cm³/mol. The number of para-hydroxylation sites is 1. The van der Waals surface area contributed by atoms with Crippen LogP contribution in [0.15, 0.2) is 30.3 Å². The average molecular weight is 204 g/mol. The molecule has 0 saturated carbocycles. The van der Waals surface area contributed by atoms with Crippen molar-refractivity contribution in [1.29, 1.82) is 0 Å². The highest BCUT2D eigenvalue weighted by Gasteiger charge is 2.04. The monoisotopic (exact) mass is 203 g/mol. The summed E-state index contributed by atoms with van der Waals surface area (Å²) in [5, 5.41) is 10.4. The number of rotatable bonds is 3. The Morgan fingerprint density at radius 2 is 1.92 bits per heavy atom. The number of halogens is 1. The lowest BCUT2D eigenvalue weighted by atomic mass is 10.3. The van der Waals surface area contributed by atoms with Gasteiger partial charge in [0.05, 0.1) is 12.7 Å². The van der Waals surface area contributed by atoms with Crippen LogP contribution in [0.1, 0.15) is 0 Å². The van der Waals surface area contributed by atoms with Crippen molar-refractivity contribution in [1.82, 2.24) is 5.12 Å². The highest BCUT2D eigenvalue weighted by Crippen LogP contribution is 2.04. The zero-order valence-electron chi connectivity index (χ0n) is 7.01. The predicted octanol–water partition coefficient (Wildman–Crippen LogP) is 1.56. The van der Waals surface area contributed by atoms with Crippen molar-refractivity contribution in [2.75, 3.05) is 12.5 Å². The van der Waals surface area contributed by atoms with Crippen molar-refractivity contribution in [2.45, 2.75) is 0 Å². The molecular weight excluding hydrogens is 194 g/mol. The Kier molecular flexibility index (Phi) is 4.61. The molecule has 0 aliphatic heterocycles. The molecule has 0 fully saturated rings. The number of hydrogen-bond acceptors (Lipinski definition) is 3. The van der Waals surface area contributed by atoms with E-state index in [-0.39, 0.29) is 12.4 Å². The Morgan fingerprint density at radius 3 is 2.38 bits per heavy atom. The number of benzene rings is 1. The van der Waals surface area contributed by atoms with Gasteiger partial charge in [0.2, 0.25) is 0 Å². The zero-order chi connectivity index (χ0) is 8.97. The fourth-order valence-corrected chi connectivity index (χ4v) is 0.740. The maximum Gasteiger partial charge on any atom is 0.180 e. The second-order valence-electron chi connectivity index (χ2n) is 2.24. The van der Waals surface area contributed by atoms with E-state index < -0.39 is 5.03 Å².